The van der Waals surface area contributed by atoms with E-state index in [1.807, 2.05) is 6.92 Å². The molecule has 1 aromatic carbocycles. The van der Waals surface area contributed by atoms with Crippen LogP contribution >= 0.6 is 23.2 Å². The van der Waals surface area contributed by atoms with Crippen LogP contribution in [0.3, 0.4) is 0 Å². The monoisotopic (exact) mass is 324 g/mol. The Kier molecular flexibility index (Phi) is 5.04. The highest BCUT2D eigenvalue weighted by molar-refractivity contribution is 6.35. The van der Waals surface area contributed by atoms with Crippen molar-refractivity contribution in [3.8, 4) is 5.75 Å². The Balaban J connectivity index is 2.11. The molecule has 0 aliphatic heterocycles. The summed E-state index contributed by atoms with van der Waals surface area (Å²) < 4.78 is 5.07. The highest BCUT2D eigenvalue weighted by atomic mass is 35.5. The van der Waals surface area contributed by atoms with E-state index in [4.69, 9.17) is 27.9 Å². The zero-order valence-electron chi connectivity index (χ0n) is 11.6. The van der Waals surface area contributed by atoms with Crippen molar-refractivity contribution in [2.24, 2.45) is 0 Å². The van der Waals surface area contributed by atoms with E-state index in [2.05, 4.69) is 10.3 Å². The van der Waals surface area contributed by atoms with Crippen LogP contribution in [0.1, 0.15) is 11.3 Å². The van der Waals surface area contributed by atoms with Gasteiger partial charge in [-0.15, -0.1) is 0 Å². The lowest BCUT2D eigenvalue weighted by molar-refractivity contribution is -0.115. The zero-order valence-corrected chi connectivity index (χ0v) is 13.1. The SMILES string of the molecule is COc1cc(Cl)c(CC(=O)Nc2ccnc(C)c2)cc1Cl. The number of rotatable bonds is 4. The van der Waals surface area contributed by atoms with Gasteiger partial charge in [-0.2, -0.15) is 0 Å². The third kappa shape index (κ3) is 4.09. The van der Waals surface area contributed by atoms with Gasteiger partial charge in [0, 0.05) is 28.7 Å². The van der Waals surface area contributed by atoms with Crippen LogP contribution in [0.2, 0.25) is 10.0 Å². The molecule has 1 heterocycles. The fraction of sp³-hybridized carbons (Fsp3) is 0.200. The highest BCUT2D eigenvalue weighted by Crippen LogP contribution is 2.31. The molecule has 110 valence electrons. The van der Waals surface area contributed by atoms with Crippen molar-refractivity contribution in [1.82, 2.24) is 4.98 Å². The number of carbonyl (C=O) groups excluding carboxylic acids is 1. The fourth-order valence-corrected chi connectivity index (χ4v) is 2.35. The van der Waals surface area contributed by atoms with E-state index in [0.717, 1.165) is 5.69 Å². The third-order valence-corrected chi connectivity index (χ3v) is 3.50. The molecule has 0 aliphatic carbocycles. The minimum Gasteiger partial charge on any atom is -0.495 e. The molecule has 1 aromatic heterocycles. The Morgan fingerprint density at radius 3 is 2.71 bits per heavy atom. The molecule has 0 atom stereocenters. The zero-order chi connectivity index (χ0) is 15.4. The highest BCUT2D eigenvalue weighted by Gasteiger charge is 2.12. The summed E-state index contributed by atoms with van der Waals surface area (Å²) in [6.07, 6.45) is 1.77. The number of carbonyl (C=O) groups is 1. The van der Waals surface area contributed by atoms with E-state index >= 15 is 0 Å². The maximum Gasteiger partial charge on any atom is 0.228 e. The molecular formula is C15H14Cl2N2O2. The molecule has 6 heteroatoms. The predicted octanol–water partition coefficient (Wildman–Crippen LogP) is 3.89. The van der Waals surface area contributed by atoms with Gasteiger partial charge >= 0.3 is 0 Å². The summed E-state index contributed by atoms with van der Waals surface area (Å²) in [6.45, 7) is 1.86. The molecular weight excluding hydrogens is 311 g/mol. The van der Waals surface area contributed by atoms with E-state index in [1.54, 1.807) is 30.5 Å². The first-order valence-electron chi connectivity index (χ1n) is 6.24. The lowest BCUT2D eigenvalue weighted by Crippen LogP contribution is -2.14. The minimum absolute atomic E-state index is 0.129. The van der Waals surface area contributed by atoms with Crippen LogP contribution in [0.25, 0.3) is 0 Å². The lowest BCUT2D eigenvalue weighted by Gasteiger charge is -2.10. The molecule has 2 rings (SSSR count). The smallest absolute Gasteiger partial charge is 0.228 e. The molecule has 1 N–H and O–H groups in total. The summed E-state index contributed by atoms with van der Waals surface area (Å²) in [4.78, 5) is 16.1. The van der Waals surface area contributed by atoms with Gasteiger partial charge in [-0.05, 0) is 30.7 Å². The maximum atomic E-state index is 12.0. The third-order valence-electron chi connectivity index (χ3n) is 2.85. The van der Waals surface area contributed by atoms with Gasteiger partial charge in [-0.25, -0.2) is 0 Å². The van der Waals surface area contributed by atoms with Crippen molar-refractivity contribution in [3.63, 3.8) is 0 Å². The number of ether oxygens (including phenoxy) is 1. The van der Waals surface area contributed by atoms with Crippen molar-refractivity contribution >= 4 is 34.8 Å². The van der Waals surface area contributed by atoms with Gasteiger partial charge in [0.05, 0.1) is 18.6 Å². The number of aryl methyl sites for hydroxylation is 1. The summed E-state index contributed by atoms with van der Waals surface area (Å²) in [5, 5.41) is 3.66. The first-order chi connectivity index (χ1) is 9.99. The molecule has 0 unspecified atom stereocenters. The van der Waals surface area contributed by atoms with Crippen LogP contribution in [0, 0.1) is 6.92 Å². The number of pyridine rings is 1. The van der Waals surface area contributed by atoms with Gasteiger partial charge in [-0.3, -0.25) is 9.78 Å². The second kappa shape index (κ2) is 6.78. The van der Waals surface area contributed by atoms with Crippen LogP contribution in [0.15, 0.2) is 30.5 Å². The quantitative estimate of drug-likeness (QED) is 0.928. The van der Waals surface area contributed by atoms with E-state index in [1.165, 1.54) is 7.11 Å². The van der Waals surface area contributed by atoms with Crippen molar-refractivity contribution < 1.29 is 9.53 Å². The number of anilines is 1. The van der Waals surface area contributed by atoms with Crippen molar-refractivity contribution in [3.05, 3.63) is 51.8 Å². The Bertz CT molecular complexity index is 675. The summed E-state index contributed by atoms with van der Waals surface area (Å²) in [5.74, 6) is 0.305. The van der Waals surface area contributed by atoms with Gasteiger partial charge < -0.3 is 10.1 Å². The van der Waals surface area contributed by atoms with Gasteiger partial charge in [-0.1, -0.05) is 23.2 Å². The number of hydrogen-bond acceptors (Lipinski definition) is 3. The number of methoxy groups -OCH3 is 1. The predicted molar refractivity (Wildman–Crippen MR) is 84.3 cm³/mol. The van der Waals surface area contributed by atoms with Crippen LogP contribution in [0.4, 0.5) is 5.69 Å². The molecule has 0 spiro atoms. The van der Waals surface area contributed by atoms with Crippen LogP contribution in [0.5, 0.6) is 5.75 Å². The summed E-state index contributed by atoms with van der Waals surface area (Å²) in [6, 6.07) is 6.76. The number of benzene rings is 1. The molecule has 0 aliphatic rings. The lowest BCUT2D eigenvalue weighted by atomic mass is 10.1. The number of nitrogens with zero attached hydrogens (tertiary/aromatic N) is 1. The summed E-state index contributed by atoms with van der Waals surface area (Å²) in [7, 11) is 1.51. The fourth-order valence-electron chi connectivity index (χ4n) is 1.86. The van der Waals surface area contributed by atoms with Crippen molar-refractivity contribution in [2.45, 2.75) is 13.3 Å². The molecule has 4 nitrogen and oxygen atoms in total. The van der Waals surface area contributed by atoms with Gasteiger partial charge in [0.1, 0.15) is 5.75 Å². The maximum absolute atomic E-state index is 12.0. The van der Waals surface area contributed by atoms with Gasteiger partial charge in [0.2, 0.25) is 5.91 Å². The van der Waals surface area contributed by atoms with Crippen molar-refractivity contribution in [1.29, 1.82) is 0 Å². The Morgan fingerprint density at radius 1 is 1.29 bits per heavy atom. The largest absolute Gasteiger partial charge is 0.495 e. The molecule has 0 saturated heterocycles. The summed E-state index contributed by atoms with van der Waals surface area (Å²) >= 11 is 12.2. The van der Waals surface area contributed by atoms with Crippen molar-refractivity contribution in [2.75, 3.05) is 12.4 Å². The van der Waals surface area contributed by atoms with E-state index in [9.17, 15) is 4.79 Å². The first-order valence-corrected chi connectivity index (χ1v) is 6.99. The topological polar surface area (TPSA) is 51.2 Å². The second-order valence-electron chi connectivity index (χ2n) is 4.49. The average molecular weight is 325 g/mol. The number of halogens is 2. The van der Waals surface area contributed by atoms with Gasteiger partial charge in [0.15, 0.2) is 0 Å². The Labute approximate surface area is 133 Å². The Hall–Kier alpha value is -1.78. The molecule has 2 aromatic rings. The van der Waals surface area contributed by atoms with Crippen LogP contribution < -0.4 is 10.1 Å². The van der Waals surface area contributed by atoms with E-state index in [0.29, 0.717) is 27.0 Å². The van der Waals surface area contributed by atoms with Crippen LogP contribution in [-0.2, 0) is 11.2 Å². The van der Waals surface area contributed by atoms with Gasteiger partial charge in [0.25, 0.3) is 0 Å². The first kappa shape index (κ1) is 15.6. The number of nitrogens with one attached hydrogen (secondary N) is 1. The van der Waals surface area contributed by atoms with Crippen LogP contribution in [-0.4, -0.2) is 18.0 Å². The normalized spacial score (nSPS) is 10.3. The number of amides is 1. The summed E-state index contributed by atoms with van der Waals surface area (Å²) in [5.41, 5.74) is 2.17. The molecule has 0 fully saturated rings. The number of aromatic nitrogens is 1. The minimum atomic E-state index is -0.177. The molecule has 0 saturated carbocycles. The molecule has 21 heavy (non-hydrogen) atoms. The number of hydrogen-bond donors (Lipinski definition) is 1. The molecule has 0 bridgehead atoms. The van der Waals surface area contributed by atoms with E-state index in [-0.39, 0.29) is 12.3 Å². The Morgan fingerprint density at radius 2 is 2.05 bits per heavy atom. The average Bonchev–Trinajstić information content (AvgIpc) is 2.42. The molecule has 0 radical (unpaired) electrons. The standard InChI is InChI=1S/C15H14Cl2N2O2/c1-9-5-11(3-4-18-9)19-15(20)7-10-6-13(17)14(21-2)8-12(10)16/h3-6,8H,7H2,1-2H3,(H,18,19,20). The molecule has 1 amide bonds. The van der Waals surface area contributed by atoms with E-state index < -0.39 is 0 Å². The second-order valence-corrected chi connectivity index (χ2v) is 5.30.